The minimum atomic E-state index is -3.81. The molecule has 1 amide bonds. The molecule has 0 bridgehead atoms. The van der Waals surface area contributed by atoms with Gasteiger partial charge in [-0.1, -0.05) is 42.8 Å². The Labute approximate surface area is 175 Å². The number of rotatable bonds is 9. The van der Waals surface area contributed by atoms with Crippen molar-refractivity contribution in [3.63, 3.8) is 0 Å². The lowest BCUT2D eigenvalue weighted by Crippen LogP contribution is -2.28. The Kier molecular flexibility index (Phi) is 7.83. The van der Waals surface area contributed by atoms with E-state index in [9.17, 15) is 21.6 Å². The van der Waals surface area contributed by atoms with Crippen LogP contribution in [0.1, 0.15) is 12.5 Å². The second-order valence-electron chi connectivity index (χ2n) is 6.02. The van der Waals surface area contributed by atoms with E-state index in [4.69, 9.17) is 11.6 Å². The average molecular weight is 457 g/mol. The van der Waals surface area contributed by atoms with Gasteiger partial charge in [-0.2, -0.15) is 0 Å². The summed E-state index contributed by atoms with van der Waals surface area (Å²) in [6, 6.07) is 12.4. The number of sulfonamides is 1. The molecule has 0 radical (unpaired) electrons. The number of halogens is 1. The molecule has 0 atom stereocenters. The van der Waals surface area contributed by atoms with E-state index >= 15 is 0 Å². The van der Waals surface area contributed by atoms with Crippen molar-refractivity contribution < 1.29 is 21.6 Å². The largest absolute Gasteiger partial charge is 0.352 e. The van der Waals surface area contributed by atoms with Crippen molar-refractivity contribution in [2.75, 3.05) is 22.8 Å². The van der Waals surface area contributed by atoms with Crippen LogP contribution >= 0.6 is 11.6 Å². The van der Waals surface area contributed by atoms with Crippen molar-refractivity contribution >= 4 is 49.1 Å². The molecule has 7 nitrogen and oxygen atoms in total. The Morgan fingerprint density at radius 2 is 1.69 bits per heavy atom. The summed E-state index contributed by atoms with van der Waals surface area (Å²) in [5.41, 5.74) is 0.887. The maximum Gasteiger partial charge on any atom is 0.261 e. The zero-order chi connectivity index (χ0) is 21.5. The molecule has 10 heteroatoms. The van der Waals surface area contributed by atoms with Crippen LogP contribution in [0.5, 0.6) is 0 Å². The zero-order valence-electron chi connectivity index (χ0n) is 15.6. The molecule has 0 aliphatic rings. The Morgan fingerprint density at radius 1 is 1.03 bits per heavy atom. The average Bonchev–Trinajstić information content (AvgIpc) is 2.68. The van der Waals surface area contributed by atoms with E-state index in [1.807, 2.05) is 0 Å². The fourth-order valence-electron chi connectivity index (χ4n) is 2.21. The van der Waals surface area contributed by atoms with Crippen molar-refractivity contribution in [3.8, 4) is 0 Å². The lowest BCUT2D eigenvalue weighted by molar-refractivity contribution is -0.116. The van der Waals surface area contributed by atoms with Crippen LogP contribution in [0.25, 0.3) is 6.08 Å². The van der Waals surface area contributed by atoms with Crippen molar-refractivity contribution in [3.05, 3.63) is 65.2 Å². The number of anilines is 1. The monoisotopic (exact) mass is 456 g/mol. The molecule has 2 aromatic carbocycles. The normalized spacial score (nSPS) is 12.1. The summed E-state index contributed by atoms with van der Waals surface area (Å²) in [4.78, 5) is 11.8. The van der Waals surface area contributed by atoms with Gasteiger partial charge in [-0.05, 0) is 35.9 Å². The van der Waals surface area contributed by atoms with Crippen LogP contribution in [0.15, 0.2) is 59.5 Å². The van der Waals surface area contributed by atoms with Gasteiger partial charge in [0.15, 0.2) is 9.84 Å². The Balaban J connectivity index is 1.98. The highest BCUT2D eigenvalue weighted by Gasteiger charge is 2.15. The summed E-state index contributed by atoms with van der Waals surface area (Å²) in [6.07, 6.45) is 2.76. The van der Waals surface area contributed by atoms with Gasteiger partial charge in [0.2, 0.25) is 5.91 Å². The number of para-hydroxylation sites is 1. The third-order valence-corrected chi connectivity index (χ3v) is 7.30. The molecule has 0 aromatic heterocycles. The van der Waals surface area contributed by atoms with E-state index in [2.05, 4.69) is 10.0 Å². The predicted molar refractivity (Wildman–Crippen MR) is 115 cm³/mol. The molecular weight excluding hydrogens is 436 g/mol. The topological polar surface area (TPSA) is 109 Å². The first-order valence-corrected chi connectivity index (χ1v) is 12.3. The third-order valence-electron chi connectivity index (χ3n) is 3.89. The number of sulfone groups is 1. The summed E-state index contributed by atoms with van der Waals surface area (Å²) < 4.78 is 50.1. The first kappa shape index (κ1) is 22.9. The lowest BCUT2D eigenvalue weighted by atomic mass is 10.2. The van der Waals surface area contributed by atoms with Gasteiger partial charge >= 0.3 is 0 Å². The molecule has 2 rings (SSSR count). The number of hydrogen-bond acceptors (Lipinski definition) is 5. The fraction of sp³-hybridized carbons (Fsp3) is 0.211. The first-order chi connectivity index (χ1) is 13.6. The van der Waals surface area contributed by atoms with Crippen LogP contribution in [0.3, 0.4) is 0 Å². The van der Waals surface area contributed by atoms with Gasteiger partial charge in [0, 0.05) is 18.4 Å². The summed E-state index contributed by atoms with van der Waals surface area (Å²) in [5, 5.41) is 2.77. The number of amides is 1. The Morgan fingerprint density at radius 3 is 2.31 bits per heavy atom. The summed E-state index contributed by atoms with van der Waals surface area (Å²) in [7, 11) is -6.94. The zero-order valence-corrected chi connectivity index (χ0v) is 18.0. The second-order valence-corrected chi connectivity index (χ2v) is 10.6. The number of nitrogens with one attached hydrogen (secondary N) is 2. The molecule has 29 heavy (non-hydrogen) atoms. The van der Waals surface area contributed by atoms with Crippen LogP contribution in [-0.4, -0.2) is 40.8 Å². The van der Waals surface area contributed by atoms with Gasteiger partial charge in [0.1, 0.15) is 0 Å². The lowest BCUT2D eigenvalue weighted by Gasteiger charge is -2.09. The van der Waals surface area contributed by atoms with E-state index in [1.165, 1.54) is 24.3 Å². The van der Waals surface area contributed by atoms with Crippen LogP contribution < -0.4 is 10.0 Å². The molecule has 2 N–H and O–H groups in total. The first-order valence-electron chi connectivity index (χ1n) is 8.67. The smallest absolute Gasteiger partial charge is 0.261 e. The van der Waals surface area contributed by atoms with Gasteiger partial charge in [-0.15, -0.1) is 0 Å². The molecule has 156 valence electrons. The van der Waals surface area contributed by atoms with E-state index in [0.29, 0.717) is 5.56 Å². The Hall–Kier alpha value is -2.36. The minimum Gasteiger partial charge on any atom is -0.352 e. The molecule has 0 spiro atoms. The van der Waals surface area contributed by atoms with Crippen molar-refractivity contribution in [1.82, 2.24) is 5.32 Å². The number of benzene rings is 2. The van der Waals surface area contributed by atoms with E-state index in [0.717, 1.165) is 0 Å². The number of carbonyl (C=O) groups is 1. The maximum atomic E-state index is 12.5. The van der Waals surface area contributed by atoms with Crippen LogP contribution in [-0.2, 0) is 24.7 Å². The molecule has 0 saturated carbocycles. The van der Waals surface area contributed by atoms with Gasteiger partial charge in [-0.25, -0.2) is 16.8 Å². The van der Waals surface area contributed by atoms with Crippen LogP contribution in [0.2, 0.25) is 5.02 Å². The maximum absolute atomic E-state index is 12.5. The minimum absolute atomic E-state index is 0.0271. The molecule has 0 aliphatic heterocycles. The molecule has 2 aromatic rings. The van der Waals surface area contributed by atoms with Crippen molar-refractivity contribution in [1.29, 1.82) is 0 Å². The van der Waals surface area contributed by atoms with Gasteiger partial charge < -0.3 is 5.32 Å². The number of hydrogen-bond donors (Lipinski definition) is 2. The van der Waals surface area contributed by atoms with Gasteiger partial charge in [-0.3, -0.25) is 9.52 Å². The van der Waals surface area contributed by atoms with E-state index in [1.54, 1.807) is 43.3 Å². The fourth-order valence-corrected chi connectivity index (χ4v) is 4.23. The Bertz CT molecular complexity index is 1100. The molecule has 0 unspecified atom stereocenters. The molecule has 0 aliphatic carbocycles. The summed E-state index contributed by atoms with van der Waals surface area (Å²) in [5.74, 6) is -0.527. The molecular formula is C19H21ClN2O5S2. The standard InChI is InChI=1S/C19H21ClN2O5S2/c1-2-28(24,25)14-13-21-19(23)12-9-15-7-10-16(11-8-15)29(26,27)22-18-6-4-3-5-17(18)20/h3-12,22H,2,13-14H2,1H3,(H,21,23)/b12-9+. The highest BCUT2D eigenvalue weighted by molar-refractivity contribution is 7.92. The number of carbonyl (C=O) groups excluding carboxylic acids is 1. The van der Waals surface area contributed by atoms with Crippen LogP contribution in [0, 0.1) is 0 Å². The van der Waals surface area contributed by atoms with Crippen LogP contribution in [0.4, 0.5) is 5.69 Å². The van der Waals surface area contributed by atoms with Gasteiger partial charge in [0.25, 0.3) is 10.0 Å². The predicted octanol–water partition coefficient (Wildman–Crippen LogP) is 2.70. The van der Waals surface area contributed by atoms with Crippen molar-refractivity contribution in [2.24, 2.45) is 0 Å². The molecule has 0 fully saturated rings. The van der Waals surface area contributed by atoms with Crippen molar-refractivity contribution in [2.45, 2.75) is 11.8 Å². The highest BCUT2D eigenvalue weighted by Crippen LogP contribution is 2.24. The quantitative estimate of drug-likeness (QED) is 0.564. The highest BCUT2D eigenvalue weighted by atomic mass is 35.5. The second kappa shape index (κ2) is 9.91. The SMILES string of the molecule is CCS(=O)(=O)CCNC(=O)/C=C/c1ccc(S(=O)(=O)Nc2ccccc2Cl)cc1. The third kappa shape index (κ3) is 7.19. The van der Waals surface area contributed by atoms with E-state index in [-0.39, 0.29) is 33.7 Å². The molecule has 0 heterocycles. The molecule has 0 saturated heterocycles. The van der Waals surface area contributed by atoms with Gasteiger partial charge in [0.05, 0.1) is 21.4 Å². The van der Waals surface area contributed by atoms with E-state index < -0.39 is 25.8 Å². The summed E-state index contributed by atoms with van der Waals surface area (Å²) in [6.45, 7) is 1.58. The summed E-state index contributed by atoms with van der Waals surface area (Å²) >= 11 is 5.98.